The van der Waals surface area contributed by atoms with Crippen LogP contribution in [0.1, 0.15) is 12.5 Å². The SMILES string of the molecule is COCOc1c(Br)cccc1C(C)(CO)C(=O)OC. The van der Waals surface area contributed by atoms with Gasteiger partial charge in [0.1, 0.15) is 11.2 Å². The van der Waals surface area contributed by atoms with Gasteiger partial charge in [-0.15, -0.1) is 0 Å². The highest BCUT2D eigenvalue weighted by atomic mass is 79.9. The summed E-state index contributed by atoms with van der Waals surface area (Å²) in [6.07, 6.45) is 0. The molecule has 6 heteroatoms. The molecule has 1 atom stereocenters. The molecule has 1 aromatic rings. The molecule has 1 unspecified atom stereocenters. The quantitative estimate of drug-likeness (QED) is 0.636. The molecule has 106 valence electrons. The molecule has 0 fully saturated rings. The molecule has 0 saturated heterocycles. The number of hydrogen-bond acceptors (Lipinski definition) is 5. The molecule has 0 radical (unpaired) electrons. The number of para-hydroxylation sites is 1. The van der Waals surface area contributed by atoms with Crippen LogP contribution in [0.25, 0.3) is 0 Å². The summed E-state index contributed by atoms with van der Waals surface area (Å²) >= 11 is 3.36. The van der Waals surface area contributed by atoms with E-state index in [1.54, 1.807) is 25.1 Å². The van der Waals surface area contributed by atoms with Crippen LogP contribution in [0.4, 0.5) is 0 Å². The predicted molar refractivity (Wildman–Crippen MR) is 73.1 cm³/mol. The molecule has 0 aliphatic heterocycles. The number of benzene rings is 1. The summed E-state index contributed by atoms with van der Waals surface area (Å²) < 4.78 is 15.8. The fraction of sp³-hybridized carbons (Fsp3) is 0.462. The van der Waals surface area contributed by atoms with Gasteiger partial charge in [-0.1, -0.05) is 12.1 Å². The third kappa shape index (κ3) is 3.26. The average molecular weight is 333 g/mol. The summed E-state index contributed by atoms with van der Waals surface area (Å²) in [6, 6.07) is 5.25. The van der Waals surface area contributed by atoms with Crippen LogP contribution in [-0.4, -0.2) is 38.7 Å². The number of aliphatic hydroxyl groups excluding tert-OH is 1. The molecule has 19 heavy (non-hydrogen) atoms. The van der Waals surface area contributed by atoms with Gasteiger partial charge < -0.3 is 19.3 Å². The van der Waals surface area contributed by atoms with Gasteiger partial charge in [-0.2, -0.15) is 0 Å². The highest BCUT2D eigenvalue weighted by molar-refractivity contribution is 9.10. The summed E-state index contributed by atoms with van der Waals surface area (Å²) in [5.74, 6) is -0.0818. The van der Waals surface area contributed by atoms with Gasteiger partial charge in [0, 0.05) is 12.7 Å². The molecular formula is C13H17BrO5. The maximum absolute atomic E-state index is 11.9. The van der Waals surface area contributed by atoms with Crippen LogP contribution < -0.4 is 4.74 Å². The normalized spacial score (nSPS) is 13.7. The Morgan fingerprint density at radius 1 is 1.42 bits per heavy atom. The molecule has 1 N–H and O–H groups in total. The largest absolute Gasteiger partial charge is 0.468 e. The van der Waals surface area contributed by atoms with E-state index in [2.05, 4.69) is 15.9 Å². The number of rotatable bonds is 6. The Hall–Kier alpha value is -1.11. The molecule has 0 spiro atoms. The first-order valence-electron chi connectivity index (χ1n) is 5.61. The van der Waals surface area contributed by atoms with Gasteiger partial charge in [0.25, 0.3) is 0 Å². The van der Waals surface area contributed by atoms with E-state index in [0.717, 1.165) is 0 Å². The number of methoxy groups -OCH3 is 2. The molecule has 0 bridgehead atoms. The maximum Gasteiger partial charge on any atom is 0.318 e. The lowest BCUT2D eigenvalue weighted by molar-refractivity contribution is -0.148. The Labute approximate surface area is 120 Å². The minimum atomic E-state index is -1.19. The number of carbonyl (C=O) groups is 1. The second-order valence-corrected chi connectivity index (χ2v) is 5.00. The molecule has 0 amide bonds. The van der Waals surface area contributed by atoms with Crippen LogP contribution in [0, 0.1) is 0 Å². The summed E-state index contributed by atoms with van der Waals surface area (Å²) in [6.45, 7) is 1.25. The Kier molecular flexibility index (Phi) is 5.78. The van der Waals surface area contributed by atoms with Crippen molar-refractivity contribution < 1.29 is 24.1 Å². The molecule has 0 aromatic heterocycles. The third-order valence-electron chi connectivity index (χ3n) is 2.83. The predicted octanol–water partition coefficient (Wildman–Crippen LogP) is 1.85. The molecule has 0 aliphatic rings. The van der Waals surface area contributed by atoms with Gasteiger partial charge >= 0.3 is 5.97 Å². The van der Waals surface area contributed by atoms with Crippen molar-refractivity contribution in [2.24, 2.45) is 0 Å². The number of aliphatic hydroxyl groups is 1. The van der Waals surface area contributed by atoms with E-state index in [4.69, 9.17) is 14.2 Å². The molecule has 1 aromatic carbocycles. The van der Waals surface area contributed by atoms with E-state index < -0.39 is 11.4 Å². The topological polar surface area (TPSA) is 65.0 Å². The van der Waals surface area contributed by atoms with Crippen molar-refractivity contribution in [1.29, 1.82) is 0 Å². The average Bonchev–Trinajstić information content (AvgIpc) is 2.44. The Morgan fingerprint density at radius 2 is 2.11 bits per heavy atom. The molecule has 5 nitrogen and oxygen atoms in total. The fourth-order valence-electron chi connectivity index (χ4n) is 1.69. The first-order valence-corrected chi connectivity index (χ1v) is 6.40. The first-order chi connectivity index (χ1) is 9.01. The van der Waals surface area contributed by atoms with E-state index >= 15 is 0 Å². The third-order valence-corrected chi connectivity index (χ3v) is 3.46. The van der Waals surface area contributed by atoms with Crippen LogP contribution in [-0.2, 0) is 19.7 Å². The minimum absolute atomic E-state index is 0.0400. The standard InChI is InChI=1S/C13H17BrO5/c1-13(7-15,12(16)18-3)9-5-4-6-10(14)11(9)19-8-17-2/h4-6,15H,7-8H2,1-3H3. The summed E-state index contributed by atoms with van der Waals surface area (Å²) in [4.78, 5) is 11.9. The van der Waals surface area contributed by atoms with Crippen LogP contribution in [0.2, 0.25) is 0 Å². The summed E-state index contributed by atoms with van der Waals surface area (Å²) in [5.41, 5.74) is -0.657. The van der Waals surface area contributed by atoms with Gasteiger partial charge in [0.15, 0.2) is 6.79 Å². The van der Waals surface area contributed by atoms with Crippen LogP contribution in [0.15, 0.2) is 22.7 Å². The Bertz CT molecular complexity index is 449. The number of carbonyl (C=O) groups excluding carboxylic acids is 1. The van der Waals surface area contributed by atoms with Crippen LogP contribution in [0.5, 0.6) is 5.75 Å². The second-order valence-electron chi connectivity index (χ2n) is 4.15. The monoisotopic (exact) mass is 332 g/mol. The molecule has 0 saturated carbocycles. The van der Waals surface area contributed by atoms with E-state index in [-0.39, 0.29) is 13.4 Å². The van der Waals surface area contributed by atoms with E-state index in [1.807, 2.05) is 0 Å². The second kappa shape index (κ2) is 6.88. The molecule has 1 rings (SSSR count). The van der Waals surface area contributed by atoms with Gasteiger partial charge in [0.2, 0.25) is 0 Å². The lowest BCUT2D eigenvalue weighted by Crippen LogP contribution is -2.38. The van der Waals surface area contributed by atoms with Crippen molar-refractivity contribution in [3.8, 4) is 5.75 Å². The van der Waals surface area contributed by atoms with Crippen molar-refractivity contribution in [3.63, 3.8) is 0 Å². The number of hydrogen-bond donors (Lipinski definition) is 1. The first kappa shape index (κ1) is 15.9. The van der Waals surface area contributed by atoms with Crippen molar-refractivity contribution >= 4 is 21.9 Å². The molecular weight excluding hydrogens is 316 g/mol. The van der Waals surface area contributed by atoms with Gasteiger partial charge in [-0.05, 0) is 28.9 Å². The van der Waals surface area contributed by atoms with Crippen LogP contribution in [0.3, 0.4) is 0 Å². The number of ether oxygens (including phenoxy) is 3. The smallest absolute Gasteiger partial charge is 0.318 e. The highest BCUT2D eigenvalue weighted by Crippen LogP contribution is 2.37. The molecule has 0 heterocycles. The van der Waals surface area contributed by atoms with E-state index in [9.17, 15) is 9.90 Å². The zero-order valence-corrected chi connectivity index (χ0v) is 12.7. The van der Waals surface area contributed by atoms with Gasteiger partial charge in [-0.3, -0.25) is 4.79 Å². The lowest BCUT2D eigenvalue weighted by atomic mass is 9.82. The van der Waals surface area contributed by atoms with Crippen LogP contribution >= 0.6 is 15.9 Å². The zero-order chi connectivity index (χ0) is 14.5. The van der Waals surface area contributed by atoms with E-state index in [0.29, 0.717) is 15.8 Å². The number of esters is 1. The summed E-state index contributed by atoms with van der Waals surface area (Å²) in [5, 5.41) is 9.58. The maximum atomic E-state index is 11.9. The van der Waals surface area contributed by atoms with E-state index in [1.165, 1.54) is 14.2 Å². The van der Waals surface area contributed by atoms with Crippen molar-refractivity contribution in [2.45, 2.75) is 12.3 Å². The van der Waals surface area contributed by atoms with Crippen molar-refractivity contribution in [1.82, 2.24) is 0 Å². The zero-order valence-electron chi connectivity index (χ0n) is 11.1. The Morgan fingerprint density at radius 3 is 2.63 bits per heavy atom. The van der Waals surface area contributed by atoms with Crippen molar-refractivity contribution in [3.05, 3.63) is 28.2 Å². The fourth-order valence-corrected chi connectivity index (χ4v) is 2.17. The number of halogens is 1. The highest BCUT2D eigenvalue weighted by Gasteiger charge is 2.39. The Balaban J connectivity index is 3.30. The van der Waals surface area contributed by atoms with Crippen molar-refractivity contribution in [2.75, 3.05) is 27.6 Å². The molecule has 0 aliphatic carbocycles. The summed E-state index contributed by atoms with van der Waals surface area (Å²) in [7, 11) is 2.78. The van der Waals surface area contributed by atoms with Gasteiger partial charge in [0.05, 0.1) is 18.2 Å². The minimum Gasteiger partial charge on any atom is -0.468 e. The lowest BCUT2D eigenvalue weighted by Gasteiger charge is -2.27. The van der Waals surface area contributed by atoms with Gasteiger partial charge in [-0.25, -0.2) is 0 Å².